The summed E-state index contributed by atoms with van der Waals surface area (Å²) in [6.45, 7) is 0. The summed E-state index contributed by atoms with van der Waals surface area (Å²) >= 11 is 6.06. The van der Waals surface area contributed by atoms with Gasteiger partial charge in [-0.05, 0) is 43.5 Å². The molecule has 1 atom stereocenters. The quantitative estimate of drug-likeness (QED) is 0.761. The maximum atomic E-state index is 6.06. The Bertz CT molecular complexity index is 369. The van der Waals surface area contributed by atoms with Gasteiger partial charge in [-0.3, -0.25) is 0 Å². The third-order valence-corrected chi connectivity index (χ3v) is 4.61. The highest BCUT2D eigenvalue weighted by molar-refractivity contribution is 6.30. The molecule has 1 saturated carbocycles. The Hall–Kier alpha value is -0.530. The second-order valence-corrected chi connectivity index (χ2v) is 6.35. The van der Waals surface area contributed by atoms with Crippen molar-refractivity contribution in [2.45, 2.75) is 57.4 Å². The third-order valence-electron chi connectivity index (χ3n) is 4.37. The minimum atomic E-state index is 0.585. The molecule has 1 aliphatic rings. The summed E-state index contributed by atoms with van der Waals surface area (Å²) in [6, 6.07) is 8.87. The molecule has 1 aromatic rings. The van der Waals surface area contributed by atoms with Crippen LogP contribution in [0.4, 0.5) is 0 Å². The maximum absolute atomic E-state index is 6.06. The van der Waals surface area contributed by atoms with Crippen LogP contribution in [0.1, 0.15) is 50.5 Å². The van der Waals surface area contributed by atoms with E-state index in [0.717, 1.165) is 17.4 Å². The van der Waals surface area contributed by atoms with Crippen molar-refractivity contribution in [1.29, 1.82) is 0 Å². The topological polar surface area (TPSA) is 12.0 Å². The number of nitrogens with one attached hydrogen (secondary N) is 1. The molecule has 1 nitrogen and oxygen atoms in total. The van der Waals surface area contributed by atoms with E-state index in [4.69, 9.17) is 11.6 Å². The van der Waals surface area contributed by atoms with Crippen LogP contribution in [0.25, 0.3) is 0 Å². The predicted octanol–water partition coefficient (Wildman–Crippen LogP) is 4.83. The van der Waals surface area contributed by atoms with Crippen molar-refractivity contribution in [2.75, 3.05) is 7.05 Å². The molecule has 1 N–H and O–H groups in total. The summed E-state index contributed by atoms with van der Waals surface area (Å²) in [6.07, 6.45) is 11.0. The highest BCUT2D eigenvalue weighted by Crippen LogP contribution is 2.27. The molecule has 2 rings (SSSR count). The van der Waals surface area contributed by atoms with Crippen LogP contribution >= 0.6 is 11.6 Å². The van der Waals surface area contributed by atoms with Crippen LogP contribution < -0.4 is 5.32 Å². The zero-order chi connectivity index (χ0) is 13.5. The molecule has 0 spiro atoms. The summed E-state index contributed by atoms with van der Waals surface area (Å²) < 4.78 is 0. The minimum absolute atomic E-state index is 0.585. The molecule has 1 aromatic carbocycles. The average Bonchev–Trinajstić information content (AvgIpc) is 2.66. The molecule has 0 aliphatic heterocycles. The molecule has 1 fully saturated rings. The largest absolute Gasteiger partial charge is 0.317 e. The smallest absolute Gasteiger partial charge is 0.0408 e. The predicted molar refractivity (Wildman–Crippen MR) is 83.8 cm³/mol. The molecule has 0 bridgehead atoms. The van der Waals surface area contributed by atoms with Crippen molar-refractivity contribution >= 4 is 11.6 Å². The Morgan fingerprint density at radius 3 is 2.58 bits per heavy atom. The highest BCUT2D eigenvalue weighted by Gasteiger charge is 2.17. The maximum Gasteiger partial charge on any atom is 0.0408 e. The lowest BCUT2D eigenvalue weighted by Gasteiger charge is -2.22. The fraction of sp³-hybridized carbons (Fsp3) is 0.647. The number of benzene rings is 1. The summed E-state index contributed by atoms with van der Waals surface area (Å²) in [5.74, 6) is 0.916. The van der Waals surface area contributed by atoms with Crippen molar-refractivity contribution < 1.29 is 0 Å². The van der Waals surface area contributed by atoms with Crippen molar-refractivity contribution in [1.82, 2.24) is 5.32 Å². The number of rotatable bonds is 5. The lowest BCUT2D eigenvalue weighted by atomic mass is 9.90. The van der Waals surface area contributed by atoms with Gasteiger partial charge in [0.2, 0.25) is 0 Å². The van der Waals surface area contributed by atoms with Crippen molar-refractivity contribution in [3.63, 3.8) is 0 Å². The summed E-state index contributed by atoms with van der Waals surface area (Å²) in [5.41, 5.74) is 1.35. The van der Waals surface area contributed by atoms with E-state index in [1.54, 1.807) is 0 Å². The second-order valence-electron chi connectivity index (χ2n) is 5.91. The van der Waals surface area contributed by atoms with Crippen LogP contribution in [0.5, 0.6) is 0 Å². The Morgan fingerprint density at radius 1 is 1.21 bits per heavy atom. The van der Waals surface area contributed by atoms with Gasteiger partial charge in [0.1, 0.15) is 0 Å². The summed E-state index contributed by atoms with van der Waals surface area (Å²) in [4.78, 5) is 0. The lowest BCUT2D eigenvalue weighted by Crippen LogP contribution is -2.30. The zero-order valence-corrected chi connectivity index (χ0v) is 12.8. The molecule has 0 heterocycles. The lowest BCUT2D eigenvalue weighted by molar-refractivity contribution is 0.361. The SMILES string of the molecule is CNC(Cc1cccc(Cl)c1)CC1CCCCCC1. The Kier molecular flexibility index (Phi) is 6.19. The number of hydrogen-bond donors (Lipinski definition) is 1. The number of likely N-dealkylation sites (N-methyl/N-ethyl adjacent to an activating group) is 1. The third kappa shape index (κ3) is 5.16. The molecule has 1 aliphatic carbocycles. The van der Waals surface area contributed by atoms with E-state index >= 15 is 0 Å². The van der Waals surface area contributed by atoms with Crippen LogP contribution in [0.3, 0.4) is 0 Å². The monoisotopic (exact) mass is 279 g/mol. The molecule has 0 amide bonds. The van der Waals surface area contributed by atoms with Crippen LogP contribution in [0.2, 0.25) is 5.02 Å². The van der Waals surface area contributed by atoms with E-state index in [1.807, 2.05) is 6.07 Å². The van der Waals surface area contributed by atoms with Gasteiger partial charge in [-0.25, -0.2) is 0 Å². The van der Waals surface area contributed by atoms with E-state index in [2.05, 4.69) is 30.6 Å². The van der Waals surface area contributed by atoms with Crippen LogP contribution in [-0.2, 0) is 6.42 Å². The Morgan fingerprint density at radius 2 is 1.95 bits per heavy atom. The van der Waals surface area contributed by atoms with E-state index in [1.165, 1.54) is 50.5 Å². The molecular weight excluding hydrogens is 254 g/mol. The second kappa shape index (κ2) is 7.91. The van der Waals surface area contributed by atoms with Gasteiger partial charge in [0.15, 0.2) is 0 Å². The van der Waals surface area contributed by atoms with Gasteiger partial charge in [-0.1, -0.05) is 62.3 Å². The highest BCUT2D eigenvalue weighted by atomic mass is 35.5. The van der Waals surface area contributed by atoms with E-state index < -0.39 is 0 Å². The standard InChI is InChI=1S/C17H26ClN/c1-19-17(12-14-7-4-2-3-5-8-14)13-15-9-6-10-16(18)11-15/h6,9-11,14,17,19H,2-5,7-8,12-13H2,1H3. The molecule has 0 radical (unpaired) electrons. The van der Waals surface area contributed by atoms with Gasteiger partial charge in [0, 0.05) is 11.1 Å². The van der Waals surface area contributed by atoms with Crippen LogP contribution in [0, 0.1) is 5.92 Å². The first-order chi connectivity index (χ1) is 9.28. The van der Waals surface area contributed by atoms with Crippen molar-refractivity contribution in [3.8, 4) is 0 Å². The minimum Gasteiger partial charge on any atom is -0.317 e. The van der Waals surface area contributed by atoms with Crippen LogP contribution in [0.15, 0.2) is 24.3 Å². The van der Waals surface area contributed by atoms with Crippen molar-refractivity contribution in [3.05, 3.63) is 34.9 Å². The Labute approximate surface area is 122 Å². The molecule has 106 valence electrons. The normalized spacial score (nSPS) is 19.1. The molecular formula is C17H26ClN. The molecule has 0 aromatic heterocycles. The molecule has 1 unspecified atom stereocenters. The van der Waals surface area contributed by atoms with E-state index in [9.17, 15) is 0 Å². The van der Waals surface area contributed by atoms with E-state index in [-0.39, 0.29) is 0 Å². The first kappa shape index (κ1) is 14.9. The molecule has 19 heavy (non-hydrogen) atoms. The zero-order valence-electron chi connectivity index (χ0n) is 12.0. The van der Waals surface area contributed by atoms with Crippen molar-refractivity contribution in [2.24, 2.45) is 5.92 Å². The number of halogens is 1. The first-order valence-electron chi connectivity index (χ1n) is 7.69. The van der Waals surface area contributed by atoms with E-state index in [0.29, 0.717) is 6.04 Å². The fourth-order valence-electron chi connectivity index (χ4n) is 3.25. The first-order valence-corrected chi connectivity index (χ1v) is 8.07. The summed E-state index contributed by atoms with van der Waals surface area (Å²) in [7, 11) is 2.09. The van der Waals surface area contributed by atoms with Gasteiger partial charge in [0.25, 0.3) is 0 Å². The fourth-order valence-corrected chi connectivity index (χ4v) is 3.47. The molecule has 2 heteroatoms. The molecule has 0 saturated heterocycles. The summed E-state index contributed by atoms with van der Waals surface area (Å²) in [5, 5.41) is 4.34. The Balaban J connectivity index is 1.88. The van der Waals surface area contributed by atoms with Gasteiger partial charge in [0.05, 0.1) is 0 Å². The van der Waals surface area contributed by atoms with Gasteiger partial charge >= 0.3 is 0 Å². The van der Waals surface area contributed by atoms with Gasteiger partial charge < -0.3 is 5.32 Å². The van der Waals surface area contributed by atoms with Gasteiger partial charge in [-0.2, -0.15) is 0 Å². The average molecular weight is 280 g/mol. The van der Waals surface area contributed by atoms with Crippen LogP contribution in [-0.4, -0.2) is 13.1 Å². The number of hydrogen-bond acceptors (Lipinski definition) is 1. The van der Waals surface area contributed by atoms with Gasteiger partial charge in [-0.15, -0.1) is 0 Å².